The summed E-state index contributed by atoms with van der Waals surface area (Å²) in [7, 11) is 1.85. The number of carbonyl (C=O) groups is 4. The predicted molar refractivity (Wildman–Crippen MR) is 149 cm³/mol. The predicted octanol–water partition coefficient (Wildman–Crippen LogP) is 1.39. The van der Waals surface area contributed by atoms with Crippen molar-refractivity contribution < 1.29 is 24.3 Å². The summed E-state index contributed by atoms with van der Waals surface area (Å²) in [6, 6.07) is 6.06. The molecule has 5 N–H and O–H groups in total. The van der Waals surface area contributed by atoms with E-state index in [-0.39, 0.29) is 55.7 Å². The van der Waals surface area contributed by atoms with Crippen LogP contribution in [0.3, 0.4) is 0 Å². The summed E-state index contributed by atoms with van der Waals surface area (Å²) in [5.74, 6) is -0.581. The summed E-state index contributed by atoms with van der Waals surface area (Å²) >= 11 is 0. The van der Waals surface area contributed by atoms with Gasteiger partial charge in [-0.1, -0.05) is 31.6 Å². The van der Waals surface area contributed by atoms with Crippen molar-refractivity contribution in [3.63, 3.8) is 0 Å². The molecule has 0 aliphatic carbocycles. The number of aliphatic hydroxyl groups excluding tert-OH is 1. The second kappa shape index (κ2) is 14.8. The number of nitrogens with zero attached hydrogens (tertiary/aromatic N) is 1. The van der Waals surface area contributed by atoms with E-state index in [1.807, 2.05) is 20.0 Å². The average Bonchev–Trinajstić information content (AvgIpc) is 3.36. The van der Waals surface area contributed by atoms with Crippen molar-refractivity contribution in [2.45, 2.75) is 95.1 Å². The lowest BCUT2D eigenvalue weighted by Crippen LogP contribution is -2.56. The molecule has 214 valence electrons. The lowest BCUT2D eigenvalue weighted by atomic mass is 9.98. The Balaban J connectivity index is 1.60. The first-order valence-corrected chi connectivity index (χ1v) is 14.0. The largest absolute Gasteiger partial charge is 0.391 e. The van der Waals surface area contributed by atoms with E-state index in [4.69, 9.17) is 0 Å². The van der Waals surface area contributed by atoms with Crippen LogP contribution in [0.25, 0.3) is 0 Å². The van der Waals surface area contributed by atoms with E-state index in [9.17, 15) is 24.3 Å². The van der Waals surface area contributed by atoms with Gasteiger partial charge in [-0.25, -0.2) is 0 Å². The highest BCUT2D eigenvalue weighted by atomic mass is 16.3. The average molecular weight is 542 g/mol. The maximum atomic E-state index is 13.6. The van der Waals surface area contributed by atoms with Crippen LogP contribution in [-0.4, -0.2) is 77.9 Å². The first kappa shape index (κ1) is 30.3. The zero-order valence-corrected chi connectivity index (χ0v) is 23.1. The van der Waals surface area contributed by atoms with Crippen molar-refractivity contribution in [2.24, 2.45) is 0 Å². The first-order valence-electron chi connectivity index (χ1n) is 14.0. The number of aliphatic hydroxyl groups is 1. The van der Waals surface area contributed by atoms with Crippen LogP contribution >= 0.6 is 0 Å². The van der Waals surface area contributed by atoms with E-state index in [0.717, 1.165) is 43.2 Å². The van der Waals surface area contributed by atoms with Crippen molar-refractivity contribution in [2.75, 3.05) is 13.6 Å². The minimum absolute atomic E-state index is 0.0158. The highest BCUT2D eigenvalue weighted by Crippen LogP contribution is 2.31. The van der Waals surface area contributed by atoms with E-state index in [0.29, 0.717) is 18.4 Å². The second-order valence-electron chi connectivity index (χ2n) is 10.5. The second-order valence-corrected chi connectivity index (χ2v) is 10.5. The van der Waals surface area contributed by atoms with Gasteiger partial charge in [0.25, 0.3) is 5.91 Å². The molecule has 0 aromatic heterocycles. The van der Waals surface area contributed by atoms with Gasteiger partial charge in [0, 0.05) is 42.9 Å². The van der Waals surface area contributed by atoms with Gasteiger partial charge in [-0.05, 0) is 63.8 Å². The molecule has 2 aliphatic rings. The number of amides is 3. The molecule has 3 rings (SSSR count). The molecule has 0 unspecified atom stereocenters. The van der Waals surface area contributed by atoms with Crippen molar-refractivity contribution in [1.29, 1.82) is 0 Å². The Labute approximate surface area is 231 Å². The van der Waals surface area contributed by atoms with Crippen LogP contribution in [0.15, 0.2) is 36.5 Å². The van der Waals surface area contributed by atoms with E-state index in [2.05, 4.69) is 27.8 Å². The highest BCUT2D eigenvalue weighted by Gasteiger charge is 2.43. The number of aldehydes is 1. The SMILES string of the molecule is C=C(N[C@H]1CCCC[C@H]2CC[C@@H](C(=O)NCc3cccc(C(=O)NC[C@@H](O)CCC=O)c3)N2C1=O)[C@H](C)NC. The van der Waals surface area contributed by atoms with Gasteiger partial charge >= 0.3 is 0 Å². The Bertz CT molecular complexity index is 1030. The normalized spacial score (nSPS) is 22.6. The van der Waals surface area contributed by atoms with E-state index < -0.39 is 18.2 Å². The van der Waals surface area contributed by atoms with Gasteiger partial charge in [0.1, 0.15) is 18.4 Å². The number of fused-ring (bicyclic) bond motifs is 1. The number of rotatable bonds is 13. The Hall–Kier alpha value is -3.24. The van der Waals surface area contributed by atoms with Crippen LogP contribution in [0, 0.1) is 0 Å². The van der Waals surface area contributed by atoms with E-state index in [1.165, 1.54) is 0 Å². The monoisotopic (exact) mass is 541 g/mol. The van der Waals surface area contributed by atoms with Crippen molar-refractivity contribution >= 4 is 24.0 Å². The Morgan fingerprint density at radius 3 is 2.69 bits per heavy atom. The fourth-order valence-electron chi connectivity index (χ4n) is 5.25. The molecule has 0 radical (unpaired) electrons. The topological polar surface area (TPSA) is 140 Å². The molecule has 10 nitrogen and oxygen atoms in total. The standard InChI is InChI=1S/C29H43N5O5/c1-19(30-3)20(2)33-25-12-5-4-10-23-13-14-26(34(23)29(25)39)28(38)31-17-21-8-6-9-22(16-21)27(37)32-18-24(36)11-7-15-35/h6,8-9,15-16,19,23-26,30,33,36H,2,4-5,7,10-14,17-18H2,1,3H3,(H,31,38)(H,32,37)/t19-,23-,24-,25-,26-/m0/s1. The molecule has 2 aliphatic heterocycles. The van der Waals surface area contributed by atoms with Crippen LogP contribution in [0.1, 0.15) is 74.2 Å². The van der Waals surface area contributed by atoms with Gasteiger partial charge in [-0.3, -0.25) is 14.4 Å². The molecule has 39 heavy (non-hydrogen) atoms. The number of carbonyl (C=O) groups excluding carboxylic acids is 4. The molecule has 0 spiro atoms. The quantitative estimate of drug-likeness (QED) is 0.238. The highest BCUT2D eigenvalue weighted by molar-refractivity contribution is 5.94. The fraction of sp³-hybridized carbons (Fsp3) is 0.586. The molecule has 1 aromatic carbocycles. The molecule has 0 saturated carbocycles. The van der Waals surface area contributed by atoms with Crippen LogP contribution in [0.4, 0.5) is 0 Å². The number of likely N-dealkylation sites (N-methyl/N-ethyl adjacent to an activating group) is 1. The van der Waals surface area contributed by atoms with Gasteiger partial charge in [0.15, 0.2) is 0 Å². The maximum absolute atomic E-state index is 13.6. The van der Waals surface area contributed by atoms with Crippen molar-refractivity contribution in [3.8, 4) is 0 Å². The zero-order chi connectivity index (χ0) is 28.4. The van der Waals surface area contributed by atoms with Crippen molar-refractivity contribution in [1.82, 2.24) is 26.2 Å². The lowest BCUT2D eigenvalue weighted by molar-refractivity contribution is -0.142. The van der Waals surface area contributed by atoms with Gasteiger partial charge in [0.2, 0.25) is 11.8 Å². The van der Waals surface area contributed by atoms with Gasteiger partial charge in [0.05, 0.1) is 6.10 Å². The van der Waals surface area contributed by atoms with Gasteiger partial charge in [-0.15, -0.1) is 0 Å². The molecule has 10 heteroatoms. The third kappa shape index (κ3) is 8.37. The molecule has 5 atom stereocenters. The Morgan fingerprint density at radius 2 is 1.95 bits per heavy atom. The molecule has 0 bridgehead atoms. The molecule has 1 aromatic rings. The summed E-state index contributed by atoms with van der Waals surface area (Å²) in [6.07, 6.45) is 5.46. The molecule has 2 fully saturated rings. The van der Waals surface area contributed by atoms with Crippen LogP contribution in [-0.2, 0) is 20.9 Å². The van der Waals surface area contributed by atoms with Crippen LogP contribution < -0.4 is 21.3 Å². The maximum Gasteiger partial charge on any atom is 0.251 e. The molecular formula is C29H43N5O5. The molecule has 2 saturated heterocycles. The van der Waals surface area contributed by atoms with E-state index in [1.54, 1.807) is 23.1 Å². The summed E-state index contributed by atoms with van der Waals surface area (Å²) in [4.78, 5) is 51.7. The Morgan fingerprint density at radius 1 is 1.18 bits per heavy atom. The third-order valence-corrected chi connectivity index (χ3v) is 7.73. The summed E-state index contributed by atoms with van der Waals surface area (Å²) in [5, 5.41) is 21.9. The fourth-order valence-corrected chi connectivity index (χ4v) is 5.25. The van der Waals surface area contributed by atoms with Crippen molar-refractivity contribution in [3.05, 3.63) is 47.7 Å². The number of benzene rings is 1. The van der Waals surface area contributed by atoms with Crippen LogP contribution in [0.5, 0.6) is 0 Å². The molecular weight excluding hydrogens is 498 g/mol. The minimum atomic E-state index is -0.789. The Kier molecular flexibility index (Phi) is 11.5. The number of hydrogen-bond acceptors (Lipinski definition) is 7. The van der Waals surface area contributed by atoms with Gasteiger partial charge < -0.3 is 36.1 Å². The van der Waals surface area contributed by atoms with Gasteiger partial charge in [-0.2, -0.15) is 0 Å². The first-order chi connectivity index (χ1) is 18.7. The summed E-state index contributed by atoms with van der Waals surface area (Å²) in [6.45, 7) is 6.35. The van der Waals surface area contributed by atoms with Crippen LogP contribution in [0.2, 0.25) is 0 Å². The zero-order valence-electron chi connectivity index (χ0n) is 23.1. The molecule has 2 heterocycles. The summed E-state index contributed by atoms with van der Waals surface area (Å²) < 4.78 is 0. The summed E-state index contributed by atoms with van der Waals surface area (Å²) in [5.41, 5.74) is 1.92. The third-order valence-electron chi connectivity index (χ3n) is 7.73. The van der Waals surface area contributed by atoms with E-state index >= 15 is 0 Å². The number of hydrogen-bond donors (Lipinski definition) is 5. The smallest absolute Gasteiger partial charge is 0.251 e. The number of nitrogens with one attached hydrogen (secondary N) is 4. The minimum Gasteiger partial charge on any atom is -0.391 e. The lowest BCUT2D eigenvalue weighted by Gasteiger charge is -2.36. The molecule has 3 amide bonds.